The Balaban J connectivity index is 3.38. The highest BCUT2D eigenvalue weighted by atomic mass is 16.5. The molecule has 0 aromatic rings. The Morgan fingerprint density at radius 2 is 0.676 bits per heavy atom. The quantitative estimate of drug-likeness (QED) is 0.0320. The van der Waals surface area contributed by atoms with Crippen LogP contribution in [0.4, 0.5) is 0 Å². The number of carbonyl (C=O) groups is 2. The maximum Gasteiger partial charge on any atom is 0.305 e. The van der Waals surface area contributed by atoms with E-state index in [2.05, 4.69) is 55.6 Å². The van der Waals surface area contributed by atoms with Gasteiger partial charge < -0.3 is 20.3 Å². The summed E-state index contributed by atoms with van der Waals surface area (Å²) in [6.45, 7) is 4.88. The molecule has 0 aromatic heterocycles. The molecule has 0 aliphatic rings. The third kappa shape index (κ3) is 59.1. The van der Waals surface area contributed by atoms with Crippen LogP contribution in [0.15, 0.2) is 48.6 Å². The molecule has 2 atom stereocenters. The van der Waals surface area contributed by atoms with Crippen molar-refractivity contribution in [2.75, 3.05) is 13.2 Å². The van der Waals surface area contributed by atoms with Crippen molar-refractivity contribution in [1.29, 1.82) is 0 Å². The maximum atomic E-state index is 12.4. The fourth-order valence-corrected chi connectivity index (χ4v) is 10.0. The van der Waals surface area contributed by atoms with E-state index in [0.717, 1.165) is 51.4 Å². The summed E-state index contributed by atoms with van der Waals surface area (Å²) >= 11 is 0. The molecule has 434 valence electrons. The van der Waals surface area contributed by atoms with Gasteiger partial charge in [0.2, 0.25) is 5.91 Å². The van der Waals surface area contributed by atoms with Crippen molar-refractivity contribution >= 4 is 11.9 Å². The third-order valence-corrected chi connectivity index (χ3v) is 15.1. The fraction of sp³-hybridized carbons (Fsp3) is 0.853. The molecular formula is C68H127NO5. The van der Waals surface area contributed by atoms with Crippen LogP contribution in [0.1, 0.15) is 348 Å². The van der Waals surface area contributed by atoms with Crippen LogP contribution in [0.25, 0.3) is 0 Å². The van der Waals surface area contributed by atoms with Gasteiger partial charge in [-0.1, -0.05) is 294 Å². The van der Waals surface area contributed by atoms with E-state index in [1.165, 1.54) is 270 Å². The molecule has 0 saturated heterocycles. The monoisotopic (exact) mass is 1040 g/mol. The van der Waals surface area contributed by atoms with E-state index < -0.39 is 12.1 Å². The smallest absolute Gasteiger partial charge is 0.305 e. The van der Waals surface area contributed by atoms with Gasteiger partial charge in [-0.05, 0) is 89.9 Å². The SMILES string of the molecule is CCCCC/C=C\C/C=C\CCCCCCCCCC(=O)OCCCCCCCCCCCCCC/C=C\CCCCCCCCCCCCCCC(=O)NC(CO)C(O)/C=C/CCCCCCCCCCCC. The lowest BCUT2D eigenvalue weighted by Crippen LogP contribution is -2.45. The summed E-state index contributed by atoms with van der Waals surface area (Å²) in [5.74, 6) is -0.0607. The first-order valence-corrected chi connectivity index (χ1v) is 32.9. The number of unbranched alkanes of at least 4 members (excludes halogenated alkanes) is 44. The Morgan fingerprint density at radius 3 is 1.07 bits per heavy atom. The Morgan fingerprint density at radius 1 is 0.378 bits per heavy atom. The summed E-state index contributed by atoms with van der Waals surface area (Å²) < 4.78 is 5.49. The minimum absolute atomic E-state index is 0.00750. The second-order valence-electron chi connectivity index (χ2n) is 22.4. The second-order valence-corrected chi connectivity index (χ2v) is 22.4. The molecule has 0 fully saturated rings. The number of carbonyl (C=O) groups excluding carboxylic acids is 2. The molecule has 0 bridgehead atoms. The summed E-state index contributed by atoms with van der Waals surface area (Å²) in [6, 6.07) is -0.627. The number of aliphatic hydroxyl groups is 2. The average molecular weight is 1040 g/mol. The average Bonchev–Trinajstić information content (AvgIpc) is 3.40. The normalized spacial score (nSPS) is 12.9. The van der Waals surface area contributed by atoms with Crippen LogP contribution in [0, 0.1) is 0 Å². The first-order valence-electron chi connectivity index (χ1n) is 32.9. The minimum atomic E-state index is -0.844. The van der Waals surface area contributed by atoms with Crippen molar-refractivity contribution in [3.05, 3.63) is 48.6 Å². The van der Waals surface area contributed by atoms with Crippen molar-refractivity contribution < 1.29 is 24.5 Å². The van der Waals surface area contributed by atoms with Gasteiger partial charge in [-0.25, -0.2) is 0 Å². The van der Waals surface area contributed by atoms with Crippen molar-refractivity contribution in [1.82, 2.24) is 5.32 Å². The first kappa shape index (κ1) is 71.8. The van der Waals surface area contributed by atoms with Crippen LogP contribution in [0.3, 0.4) is 0 Å². The largest absolute Gasteiger partial charge is 0.466 e. The van der Waals surface area contributed by atoms with Gasteiger partial charge in [0.15, 0.2) is 0 Å². The summed E-state index contributed by atoms with van der Waals surface area (Å²) in [6.07, 6.45) is 81.7. The molecule has 3 N–H and O–H groups in total. The van der Waals surface area contributed by atoms with Crippen molar-refractivity contribution in [2.24, 2.45) is 0 Å². The molecule has 6 heteroatoms. The molecular weight excluding hydrogens is 911 g/mol. The highest BCUT2D eigenvalue weighted by Crippen LogP contribution is 2.17. The number of allylic oxidation sites excluding steroid dienone is 7. The van der Waals surface area contributed by atoms with E-state index in [9.17, 15) is 19.8 Å². The topological polar surface area (TPSA) is 95.9 Å². The minimum Gasteiger partial charge on any atom is -0.466 e. The standard InChI is InChI=1S/C68H127NO5/c1-3-5-7-9-11-13-15-17-18-31-35-38-42-46-50-54-58-62-68(73)74-63-59-55-51-47-43-39-36-33-30-28-26-24-22-20-19-21-23-25-27-29-32-34-37-41-45-49-53-57-61-67(72)69-65(64-70)66(71)60-56-52-48-44-40-16-14-12-10-8-6-4-2/h11,13,17-20,56,60,65-66,70-71H,3-10,12,14-16,21-55,57-59,61-64H2,1-2H3,(H,69,72)/b13-11-,18-17-,20-19-,60-56+. The van der Waals surface area contributed by atoms with Crippen molar-refractivity contribution in [2.45, 2.75) is 360 Å². The summed E-state index contributed by atoms with van der Waals surface area (Å²) in [4.78, 5) is 24.5. The number of hydrogen-bond donors (Lipinski definition) is 3. The Bertz CT molecular complexity index is 1240. The highest BCUT2D eigenvalue weighted by Gasteiger charge is 2.18. The number of rotatable bonds is 61. The van der Waals surface area contributed by atoms with Crippen LogP contribution >= 0.6 is 0 Å². The maximum absolute atomic E-state index is 12.4. The zero-order chi connectivity index (χ0) is 53.6. The van der Waals surface area contributed by atoms with E-state index in [4.69, 9.17) is 4.74 Å². The van der Waals surface area contributed by atoms with Gasteiger partial charge in [-0.3, -0.25) is 9.59 Å². The number of ether oxygens (including phenoxy) is 1. The third-order valence-electron chi connectivity index (χ3n) is 15.1. The fourth-order valence-electron chi connectivity index (χ4n) is 10.0. The molecule has 6 nitrogen and oxygen atoms in total. The Kier molecular flexibility index (Phi) is 61.5. The zero-order valence-corrected chi connectivity index (χ0v) is 49.6. The van der Waals surface area contributed by atoms with E-state index in [1.54, 1.807) is 6.08 Å². The number of esters is 1. The van der Waals surface area contributed by atoms with Crippen LogP contribution in [-0.2, 0) is 14.3 Å². The van der Waals surface area contributed by atoms with Gasteiger partial charge in [-0.2, -0.15) is 0 Å². The molecule has 0 saturated carbocycles. The molecule has 74 heavy (non-hydrogen) atoms. The predicted octanol–water partition coefficient (Wildman–Crippen LogP) is 20.9. The van der Waals surface area contributed by atoms with E-state index in [0.29, 0.717) is 19.4 Å². The van der Waals surface area contributed by atoms with Gasteiger partial charge >= 0.3 is 5.97 Å². The van der Waals surface area contributed by atoms with Crippen molar-refractivity contribution in [3.8, 4) is 0 Å². The van der Waals surface area contributed by atoms with Crippen LogP contribution in [0.5, 0.6) is 0 Å². The van der Waals surface area contributed by atoms with Gasteiger partial charge in [0.25, 0.3) is 0 Å². The van der Waals surface area contributed by atoms with Crippen LogP contribution < -0.4 is 5.32 Å². The predicted molar refractivity (Wildman–Crippen MR) is 324 cm³/mol. The Hall–Kier alpha value is -2.18. The summed E-state index contributed by atoms with van der Waals surface area (Å²) in [5.41, 5.74) is 0. The van der Waals surface area contributed by atoms with Gasteiger partial charge in [0, 0.05) is 12.8 Å². The lowest BCUT2D eigenvalue weighted by atomic mass is 10.0. The molecule has 0 aliphatic heterocycles. The molecule has 0 rings (SSSR count). The molecule has 2 unspecified atom stereocenters. The lowest BCUT2D eigenvalue weighted by molar-refractivity contribution is -0.143. The summed E-state index contributed by atoms with van der Waals surface area (Å²) in [7, 11) is 0. The zero-order valence-electron chi connectivity index (χ0n) is 49.6. The van der Waals surface area contributed by atoms with E-state index >= 15 is 0 Å². The Labute approximate surface area is 461 Å². The number of hydrogen-bond acceptors (Lipinski definition) is 5. The molecule has 1 amide bonds. The molecule has 0 aromatic carbocycles. The molecule has 0 aliphatic carbocycles. The van der Waals surface area contributed by atoms with Crippen LogP contribution in [-0.4, -0.2) is 47.4 Å². The van der Waals surface area contributed by atoms with Gasteiger partial charge in [0.1, 0.15) is 0 Å². The number of nitrogens with one attached hydrogen (secondary N) is 1. The second kappa shape index (κ2) is 63.4. The van der Waals surface area contributed by atoms with Gasteiger partial charge in [-0.15, -0.1) is 0 Å². The van der Waals surface area contributed by atoms with Crippen molar-refractivity contribution in [3.63, 3.8) is 0 Å². The lowest BCUT2D eigenvalue weighted by Gasteiger charge is -2.20. The van der Waals surface area contributed by atoms with Gasteiger partial charge in [0.05, 0.1) is 25.4 Å². The highest BCUT2D eigenvalue weighted by molar-refractivity contribution is 5.76. The van der Waals surface area contributed by atoms with Crippen LogP contribution in [0.2, 0.25) is 0 Å². The van der Waals surface area contributed by atoms with E-state index in [1.807, 2.05) is 6.08 Å². The van der Waals surface area contributed by atoms with E-state index in [-0.39, 0.29) is 18.5 Å². The molecule has 0 heterocycles. The number of amides is 1. The summed E-state index contributed by atoms with van der Waals surface area (Å²) in [5, 5.41) is 23.1. The molecule has 0 radical (unpaired) electrons. The first-order chi connectivity index (χ1) is 36.5. The number of aliphatic hydroxyl groups excluding tert-OH is 2. The molecule has 0 spiro atoms.